The Morgan fingerprint density at radius 2 is 2.00 bits per heavy atom. The average Bonchev–Trinajstić information content (AvgIpc) is 2.35. The Bertz CT molecular complexity index is 606. The molecule has 6 nitrogen and oxygen atoms in total. The summed E-state index contributed by atoms with van der Waals surface area (Å²) in [7, 11) is 0. The molecular formula is C15H18N2O4. The lowest BCUT2D eigenvalue weighted by Crippen LogP contribution is -2.41. The van der Waals surface area contributed by atoms with Crippen LogP contribution >= 0.6 is 0 Å². The second-order valence-electron chi connectivity index (χ2n) is 5.56. The van der Waals surface area contributed by atoms with Crippen LogP contribution < -0.4 is 11.1 Å². The summed E-state index contributed by atoms with van der Waals surface area (Å²) >= 11 is 0. The molecule has 0 unspecified atom stereocenters. The van der Waals surface area contributed by atoms with Crippen LogP contribution in [0.1, 0.15) is 41.6 Å². The molecule has 6 heteroatoms. The van der Waals surface area contributed by atoms with Crippen molar-refractivity contribution in [3.63, 3.8) is 0 Å². The van der Waals surface area contributed by atoms with Gasteiger partial charge in [0, 0.05) is 17.7 Å². The van der Waals surface area contributed by atoms with Crippen LogP contribution in [-0.4, -0.2) is 22.9 Å². The van der Waals surface area contributed by atoms with Gasteiger partial charge in [-0.05, 0) is 37.5 Å². The molecule has 1 aliphatic carbocycles. The van der Waals surface area contributed by atoms with Crippen molar-refractivity contribution in [2.45, 2.75) is 32.6 Å². The lowest BCUT2D eigenvalue weighted by molar-refractivity contribution is -0.157. The molecule has 0 aliphatic heterocycles. The molecule has 4 N–H and O–H groups in total. The maximum absolute atomic E-state index is 12.0. The molecule has 0 heterocycles. The SMILES string of the molecule is Cc1ccc(NC(=O)CC2(C(=O)O)CCC2)cc1C(N)=O. The first-order chi connectivity index (χ1) is 9.84. The fraction of sp³-hybridized carbons (Fsp3) is 0.400. The van der Waals surface area contributed by atoms with Crippen LogP contribution in [0.2, 0.25) is 0 Å². The van der Waals surface area contributed by atoms with E-state index in [0.29, 0.717) is 24.1 Å². The fourth-order valence-electron chi connectivity index (χ4n) is 2.55. The van der Waals surface area contributed by atoms with Gasteiger partial charge in [0.25, 0.3) is 0 Å². The molecule has 2 rings (SSSR count). The molecule has 0 radical (unpaired) electrons. The average molecular weight is 290 g/mol. The summed E-state index contributed by atoms with van der Waals surface area (Å²) in [5, 5.41) is 11.8. The van der Waals surface area contributed by atoms with Crippen molar-refractivity contribution in [3.05, 3.63) is 29.3 Å². The molecule has 1 fully saturated rings. The van der Waals surface area contributed by atoms with Gasteiger partial charge >= 0.3 is 5.97 Å². The van der Waals surface area contributed by atoms with Gasteiger partial charge in [0.1, 0.15) is 0 Å². The summed E-state index contributed by atoms with van der Waals surface area (Å²) in [5.74, 6) is -1.85. The summed E-state index contributed by atoms with van der Waals surface area (Å²) < 4.78 is 0. The fourth-order valence-corrected chi connectivity index (χ4v) is 2.55. The number of carbonyl (C=O) groups is 3. The van der Waals surface area contributed by atoms with Gasteiger partial charge in [0.15, 0.2) is 0 Å². The van der Waals surface area contributed by atoms with E-state index in [1.165, 1.54) is 6.07 Å². The molecule has 2 amide bonds. The molecule has 0 aromatic heterocycles. The highest BCUT2D eigenvalue weighted by atomic mass is 16.4. The van der Waals surface area contributed by atoms with Crippen LogP contribution in [0.3, 0.4) is 0 Å². The van der Waals surface area contributed by atoms with Gasteiger partial charge in [0.2, 0.25) is 11.8 Å². The summed E-state index contributed by atoms with van der Waals surface area (Å²) in [6.07, 6.45) is 1.82. The smallest absolute Gasteiger partial charge is 0.310 e. The topological polar surface area (TPSA) is 109 Å². The van der Waals surface area contributed by atoms with Crippen molar-refractivity contribution in [2.75, 3.05) is 5.32 Å². The molecular weight excluding hydrogens is 272 g/mol. The minimum atomic E-state index is -0.929. The van der Waals surface area contributed by atoms with Crippen molar-refractivity contribution in [1.82, 2.24) is 0 Å². The number of amides is 2. The molecule has 1 aromatic rings. The monoisotopic (exact) mass is 290 g/mol. The Hall–Kier alpha value is -2.37. The van der Waals surface area contributed by atoms with Crippen LogP contribution in [0, 0.1) is 12.3 Å². The van der Waals surface area contributed by atoms with Gasteiger partial charge in [0.05, 0.1) is 5.41 Å². The molecule has 112 valence electrons. The number of aryl methyl sites for hydroxylation is 1. The van der Waals surface area contributed by atoms with E-state index >= 15 is 0 Å². The maximum atomic E-state index is 12.0. The summed E-state index contributed by atoms with van der Waals surface area (Å²) in [4.78, 5) is 34.5. The number of rotatable bonds is 5. The molecule has 21 heavy (non-hydrogen) atoms. The van der Waals surface area contributed by atoms with Crippen molar-refractivity contribution >= 4 is 23.5 Å². The number of benzene rings is 1. The third-order valence-corrected chi connectivity index (χ3v) is 4.05. The number of nitrogens with two attached hydrogens (primary N) is 1. The minimum absolute atomic E-state index is 0.0535. The number of hydrogen-bond donors (Lipinski definition) is 3. The lowest BCUT2D eigenvalue weighted by atomic mass is 9.66. The van der Waals surface area contributed by atoms with E-state index in [1.807, 2.05) is 0 Å². The predicted molar refractivity (Wildman–Crippen MR) is 76.9 cm³/mol. The second kappa shape index (κ2) is 5.55. The van der Waals surface area contributed by atoms with Crippen LogP contribution in [-0.2, 0) is 9.59 Å². The van der Waals surface area contributed by atoms with E-state index < -0.39 is 17.3 Å². The molecule has 1 aromatic carbocycles. The number of aliphatic carboxylic acids is 1. The summed E-state index contributed by atoms with van der Waals surface area (Å²) in [5.41, 5.74) is 5.83. The van der Waals surface area contributed by atoms with E-state index in [-0.39, 0.29) is 12.3 Å². The Kier molecular flexibility index (Phi) is 3.97. The zero-order valence-corrected chi connectivity index (χ0v) is 11.8. The molecule has 0 spiro atoms. The first-order valence-electron chi connectivity index (χ1n) is 6.78. The zero-order valence-electron chi connectivity index (χ0n) is 11.8. The normalized spacial score (nSPS) is 15.9. The highest BCUT2D eigenvalue weighted by Gasteiger charge is 2.45. The zero-order chi connectivity index (χ0) is 15.6. The van der Waals surface area contributed by atoms with Crippen LogP contribution in [0.4, 0.5) is 5.69 Å². The minimum Gasteiger partial charge on any atom is -0.481 e. The quantitative estimate of drug-likeness (QED) is 0.766. The van der Waals surface area contributed by atoms with Crippen LogP contribution in [0.15, 0.2) is 18.2 Å². The van der Waals surface area contributed by atoms with E-state index in [2.05, 4.69) is 5.32 Å². The predicted octanol–water partition coefficient (Wildman–Crippen LogP) is 1.68. The van der Waals surface area contributed by atoms with Gasteiger partial charge in [-0.25, -0.2) is 0 Å². The van der Waals surface area contributed by atoms with Gasteiger partial charge in [-0.2, -0.15) is 0 Å². The Labute approximate surface area is 122 Å². The lowest BCUT2D eigenvalue weighted by Gasteiger charge is -2.36. The highest BCUT2D eigenvalue weighted by Crippen LogP contribution is 2.44. The third kappa shape index (κ3) is 3.04. The van der Waals surface area contributed by atoms with Gasteiger partial charge in [-0.1, -0.05) is 12.5 Å². The number of nitrogens with one attached hydrogen (secondary N) is 1. The molecule has 1 aliphatic rings. The Morgan fingerprint density at radius 1 is 1.33 bits per heavy atom. The van der Waals surface area contributed by atoms with E-state index in [0.717, 1.165) is 12.0 Å². The second-order valence-corrected chi connectivity index (χ2v) is 5.56. The van der Waals surface area contributed by atoms with E-state index in [4.69, 9.17) is 5.73 Å². The Morgan fingerprint density at radius 3 is 2.48 bits per heavy atom. The molecule has 1 saturated carbocycles. The van der Waals surface area contributed by atoms with Gasteiger partial charge in [-0.15, -0.1) is 0 Å². The summed E-state index contributed by atoms with van der Waals surface area (Å²) in [6, 6.07) is 4.85. The number of carboxylic acid groups (broad SMARTS) is 1. The maximum Gasteiger partial charge on any atom is 0.310 e. The van der Waals surface area contributed by atoms with Crippen molar-refractivity contribution in [1.29, 1.82) is 0 Å². The molecule has 0 bridgehead atoms. The Balaban J connectivity index is 2.08. The van der Waals surface area contributed by atoms with Crippen molar-refractivity contribution < 1.29 is 19.5 Å². The highest BCUT2D eigenvalue weighted by molar-refractivity contribution is 5.98. The number of primary amides is 1. The molecule has 0 saturated heterocycles. The number of carboxylic acids is 1. The van der Waals surface area contributed by atoms with E-state index in [9.17, 15) is 19.5 Å². The standard InChI is InChI=1S/C15H18N2O4/c1-9-3-4-10(7-11(9)13(16)19)17-12(18)8-15(14(20)21)5-2-6-15/h3-4,7H,2,5-6,8H2,1H3,(H2,16,19)(H,17,18)(H,20,21). The van der Waals surface area contributed by atoms with Crippen molar-refractivity contribution in [2.24, 2.45) is 11.1 Å². The largest absolute Gasteiger partial charge is 0.481 e. The first-order valence-corrected chi connectivity index (χ1v) is 6.78. The van der Waals surface area contributed by atoms with Crippen LogP contribution in [0.25, 0.3) is 0 Å². The number of anilines is 1. The van der Waals surface area contributed by atoms with Gasteiger partial charge in [-0.3, -0.25) is 14.4 Å². The number of hydrogen-bond acceptors (Lipinski definition) is 3. The van der Waals surface area contributed by atoms with Crippen molar-refractivity contribution in [3.8, 4) is 0 Å². The van der Waals surface area contributed by atoms with E-state index in [1.54, 1.807) is 19.1 Å². The number of carbonyl (C=O) groups excluding carboxylic acids is 2. The molecule has 0 atom stereocenters. The first kappa shape index (κ1) is 15.0. The van der Waals surface area contributed by atoms with Crippen LogP contribution in [0.5, 0.6) is 0 Å². The third-order valence-electron chi connectivity index (χ3n) is 4.05. The summed E-state index contributed by atoms with van der Waals surface area (Å²) in [6.45, 7) is 1.75. The van der Waals surface area contributed by atoms with Gasteiger partial charge < -0.3 is 16.2 Å².